The van der Waals surface area contributed by atoms with Crippen LogP contribution in [0, 0.1) is 5.41 Å². The fourth-order valence-electron chi connectivity index (χ4n) is 1.72. The number of hydrogen-bond acceptors (Lipinski definition) is 3. The highest BCUT2D eigenvalue weighted by Crippen LogP contribution is 2.21. The van der Waals surface area contributed by atoms with Crippen molar-refractivity contribution < 1.29 is 0 Å². The van der Waals surface area contributed by atoms with E-state index in [1.54, 1.807) is 0 Å². The monoisotopic (exact) mass is 232 g/mol. The summed E-state index contributed by atoms with van der Waals surface area (Å²) in [5.41, 5.74) is 0.356. The van der Waals surface area contributed by atoms with E-state index in [-0.39, 0.29) is 0 Å². The van der Waals surface area contributed by atoms with Gasteiger partial charge in [-0.05, 0) is 38.7 Å². The summed E-state index contributed by atoms with van der Waals surface area (Å²) in [5.74, 6) is 1.23. The van der Waals surface area contributed by atoms with Gasteiger partial charge in [0.2, 0.25) is 0 Å². The second kappa shape index (κ2) is 7.53. The second-order valence-corrected chi connectivity index (χ2v) is 6.28. The van der Waals surface area contributed by atoms with Crippen LogP contribution in [-0.2, 0) is 0 Å². The van der Waals surface area contributed by atoms with E-state index in [1.165, 1.54) is 25.3 Å². The number of nitrogens with zero attached hydrogens (tertiary/aromatic N) is 1. The van der Waals surface area contributed by atoms with Crippen LogP contribution in [-0.4, -0.2) is 50.1 Å². The first-order chi connectivity index (χ1) is 6.91. The summed E-state index contributed by atoms with van der Waals surface area (Å²) in [4.78, 5) is 2.42. The minimum atomic E-state index is 0.356. The lowest BCUT2D eigenvalue weighted by molar-refractivity contribution is 0.234. The van der Waals surface area contributed by atoms with Gasteiger partial charge in [0.1, 0.15) is 0 Å². The molecular weight excluding hydrogens is 204 g/mol. The number of hydrogen-bond donors (Lipinski definition) is 1. The van der Waals surface area contributed by atoms with E-state index < -0.39 is 0 Å². The Morgan fingerprint density at radius 2 is 1.87 bits per heavy atom. The summed E-state index contributed by atoms with van der Waals surface area (Å²) in [6, 6.07) is 0.606. The van der Waals surface area contributed by atoms with Crippen LogP contribution in [0.25, 0.3) is 0 Å². The van der Waals surface area contributed by atoms with Crippen LogP contribution in [0.3, 0.4) is 0 Å². The Bertz CT molecular complexity index is 154. The Balaban J connectivity index is 3.80. The minimum absolute atomic E-state index is 0.356. The molecule has 0 heterocycles. The van der Waals surface area contributed by atoms with Crippen LogP contribution in [0.5, 0.6) is 0 Å². The molecule has 3 heteroatoms. The van der Waals surface area contributed by atoms with E-state index in [2.05, 4.69) is 51.3 Å². The van der Waals surface area contributed by atoms with Crippen LogP contribution in [0.2, 0.25) is 0 Å². The normalized spacial score (nSPS) is 14.6. The van der Waals surface area contributed by atoms with Gasteiger partial charge in [-0.1, -0.05) is 20.8 Å². The van der Waals surface area contributed by atoms with Gasteiger partial charge >= 0.3 is 0 Å². The predicted molar refractivity (Wildman–Crippen MR) is 72.8 cm³/mol. The lowest BCUT2D eigenvalue weighted by atomic mass is 9.85. The summed E-state index contributed by atoms with van der Waals surface area (Å²) in [6.45, 7) is 9.28. The van der Waals surface area contributed by atoms with E-state index in [4.69, 9.17) is 0 Å². The fourth-order valence-corrected chi connectivity index (χ4v) is 2.21. The molecule has 1 atom stereocenters. The average molecular weight is 232 g/mol. The molecule has 92 valence electrons. The summed E-state index contributed by atoms with van der Waals surface area (Å²) in [6.07, 6.45) is 3.39. The summed E-state index contributed by atoms with van der Waals surface area (Å²) in [7, 11) is 4.28. The van der Waals surface area contributed by atoms with Gasteiger partial charge in [-0.25, -0.2) is 0 Å². The minimum Gasteiger partial charge on any atom is -0.316 e. The first-order valence-corrected chi connectivity index (χ1v) is 7.16. The van der Waals surface area contributed by atoms with E-state index in [1.807, 2.05) is 11.8 Å². The highest BCUT2D eigenvalue weighted by Gasteiger charge is 2.22. The molecule has 15 heavy (non-hydrogen) atoms. The van der Waals surface area contributed by atoms with Crippen molar-refractivity contribution in [2.75, 3.05) is 39.2 Å². The maximum atomic E-state index is 3.42. The lowest BCUT2D eigenvalue weighted by Gasteiger charge is -2.31. The number of nitrogens with one attached hydrogen (secondary N) is 1. The Morgan fingerprint density at radius 1 is 1.27 bits per heavy atom. The van der Waals surface area contributed by atoms with Crippen molar-refractivity contribution in [1.82, 2.24) is 10.2 Å². The van der Waals surface area contributed by atoms with Gasteiger partial charge in [0.25, 0.3) is 0 Å². The molecule has 2 nitrogen and oxygen atoms in total. The third-order valence-corrected chi connectivity index (χ3v) is 3.46. The maximum absolute atomic E-state index is 3.42. The molecule has 0 saturated heterocycles. The third kappa shape index (κ3) is 7.20. The molecule has 0 fully saturated rings. The van der Waals surface area contributed by atoms with Crippen LogP contribution < -0.4 is 5.32 Å². The summed E-state index contributed by atoms with van der Waals surface area (Å²) in [5, 5.41) is 3.42. The zero-order chi connectivity index (χ0) is 11.9. The highest BCUT2D eigenvalue weighted by molar-refractivity contribution is 7.98. The standard InChI is InChI=1S/C12H28N2S/c1-12(2,3)11(13-4)7-8-14(5)9-10-15-6/h11,13H,7-10H2,1-6H3. The highest BCUT2D eigenvalue weighted by atomic mass is 32.2. The average Bonchev–Trinajstić information content (AvgIpc) is 2.13. The molecule has 0 spiro atoms. The van der Waals surface area contributed by atoms with Gasteiger partial charge in [0.05, 0.1) is 0 Å². The third-order valence-electron chi connectivity index (χ3n) is 2.87. The van der Waals surface area contributed by atoms with Gasteiger partial charge in [-0.3, -0.25) is 0 Å². The SMILES string of the molecule is CNC(CCN(C)CCSC)C(C)(C)C. The molecule has 0 aromatic carbocycles. The van der Waals surface area contributed by atoms with Crippen molar-refractivity contribution in [3.63, 3.8) is 0 Å². The van der Waals surface area contributed by atoms with Crippen molar-refractivity contribution >= 4 is 11.8 Å². The van der Waals surface area contributed by atoms with Gasteiger partial charge in [-0.15, -0.1) is 0 Å². The van der Waals surface area contributed by atoms with Crippen LogP contribution in [0.4, 0.5) is 0 Å². The molecule has 0 bridgehead atoms. The molecule has 0 aliphatic rings. The second-order valence-electron chi connectivity index (χ2n) is 5.29. The smallest absolute Gasteiger partial charge is 0.0125 e. The molecule has 0 radical (unpaired) electrons. The van der Waals surface area contributed by atoms with Crippen LogP contribution in [0.1, 0.15) is 27.2 Å². The number of thioether (sulfide) groups is 1. The van der Waals surface area contributed by atoms with Gasteiger partial charge in [-0.2, -0.15) is 11.8 Å². The Hall–Kier alpha value is 0.270. The van der Waals surface area contributed by atoms with E-state index >= 15 is 0 Å². The van der Waals surface area contributed by atoms with E-state index in [9.17, 15) is 0 Å². The maximum Gasteiger partial charge on any atom is 0.0125 e. The molecule has 0 aliphatic carbocycles. The van der Waals surface area contributed by atoms with Crippen molar-refractivity contribution in [3.05, 3.63) is 0 Å². The Morgan fingerprint density at radius 3 is 2.27 bits per heavy atom. The summed E-state index contributed by atoms with van der Waals surface area (Å²) < 4.78 is 0. The largest absolute Gasteiger partial charge is 0.316 e. The van der Waals surface area contributed by atoms with E-state index in [0.29, 0.717) is 11.5 Å². The quantitative estimate of drug-likeness (QED) is 0.725. The molecule has 0 saturated carbocycles. The molecule has 1 N–H and O–H groups in total. The number of rotatable bonds is 7. The molecule has 0 amide bonds. The first kappa shape index (κ1) is 15.3. The molecular formula is C12H28N2S. The zero-order valence-corrected chi connectivity index (χ0v) is 12.1. The molecule has 0 rings (SSSR count). The molecule has 0 aromatic heterocycles. The molecule has 0 aromatic rings. The van der Waals surface area contributed by atoms with E-state index in [0.717, 1.165) is 0 Å². The van der Waals surface area contributed by atoms with Gasteiger partial charge in [0, 0.05) is 18.3 Å². The lowest BCUT2D eigenvalue weighted by Crippen LogP contribution is -2.40. The fraction of sp³-hybridized carbons (Fsp3) is 1.00. The van der Waals surface area contributed by atoms with Gasteiger partial charge in [0.15, 0.2) is 0 Å². The Kier molecular flexibility index (Phi) is 7.66. The van der Waals surface area contributed by atoms with Gasteiger partial charge < -0.3 is 10.2 Å². The van der Waals surface area contributed by atoms with Crippen molar-refractivity contribution in [3.8, 4) is 0 Å². The zero-order valence-electron chi connectivity index (χ0n) is 11.3. The van der Waals surface area contributed by atoms with Crippen molar-refractivity contribution in [2.45, 2.75) is 33.2 Å². The van der Waals surface area contributed by atoms with Crippen molar-refractivity contribution in [1.29, 1.82) is 0 Å². The Labute approximate surface area is 100 Å². The molecule has 0 aliphatic heterocycles. The topological polar surface area (TPSA) is 15.3 Å². The summed E-state index contributed by atoms with van der Waals surface area (Å²) >= 11 is 1.92. The van der Waals surface area contributed by atoms with Crippen molar-refractivity contribution in [2.24, 2.45) is 5.41 Å². The first-order valence-electron chi connectivity index (χ1n) is 5.76. The van der Waals surface area contributed by atoms with Crippen LogP contribution >= 0.6 is 11.8 Å². The molecule has 1 unspecified atom stereocenters. The predicted octanol–water partition coefficient (Wildman–Crippen LogP) is 2.31. The van der Waals surface area contributed by atoms with Crippen LogP contribution in [0.15, 0.2) is 0 Å².